The van der Waals surface area contributed by atoms with Crippen LogP contribution in [0.1, 0.15) is 90.9 Å². The van der Waals surface area contributed by atoms with Crippen LogP contribution in [0.5, 0.6) is 0 Å². The maximum Gasteiger partial charge on any atom is 0.309 e. The molecule has 0 aromatic heterocycles. The molecular formula is C23H40O4. The number of cyclic esters (lactones) is 1. The van der Waals surface area contributed by atoms with E-state index in [2.05, 4.69) is 13.8 Å². The zero-order valence-electron chi connectivity index (χ0n) is 17.5. The monoisotopic (exact) mass is 380 g/mol. The molecule has 156 valence electrons. The maximum atomic E-state index is 12.5. The molecule has 4 heteroatoms. The predicted molar refractivity (Wildman–Crippen MR) is 106 cm³/mol. The SMILES string of the molecule is CCCCCC1COC(C2CCC(CCC3CCC(C)CC3)C(=O)O2)OC1. The van der Waals surface area contributed by atoms with Crippen molar-refractivity contribution < 1.29 is 19.0 Å². The number of carbonyl (C=O) groups is 1. The third-order valence-corrected chi connectivity index (χ3v) is 6.97. The van der Waals surface area contributed by atoms with Crippen LogP contribution in [0.2, 0.25) is 0 Å². The number of esters is 1. The highest BCUT2D eigenvalue weighted by Crippen LogP contribution is 2.35. The molecule has 0 amide bonds. The molecular weight excluding hydrogens is 340 g/mol. The minimum Gasteiger partial charge on any atom is -0.457 e. The number of hydrogen-bond acceptors (Lipinski definition) is 4. The summed E-state index contributed by atoms with van der Waals surface area (Å²) >= 11 is 0. The largest absolute Gasteiger partial charge is 0.457 e. The second-order valence-electron chi connectivity index (χ2n) is 9.35. The second-order valence-corrected chi connectivity index (χ2v) is 9.35. The van der Waals surface area contributed by atoms with E-state index >= 15 is 0 Å². The third kappa shape index (κ3) is 6.45. The van der Waals surface area contributed by atoms with E-state index < -0.39 is 0 Å². The van der Waals surface area contributed by atoms with Crippen LogP contribution in [0.25, 0.3) is 0 Å². The van der Waals surface area contributed by atoms with Crippen molar-refractivity contribution in [3.8, 4) is 0 Å². The van der Waals surface area contributed by atoms with Crippen molar-refractivity contribution in [1.82, 2.24) is 0 Å². The fraction of sp³-hybridized carbons (Fsp3) is 0.957. The molecule has 2 atom stereocenters. The van der Waals surface area contributed by atoms with Crippen molar-refractivity contribution in [2.75, 3.05) is 13.2 Å². The number of unbranched alkanes of at least 4 members (excludes halogenated alkanes) is 2. The minimum atomic E-state index is -0.350. The fourth-order valence-corrected chi connectivity index (χ4v) is 4.92. The van der Waals surface area contributed by atoms with Gasteiger partial charge >= 0.3 is 5.97 Å². The Labute approximate surface area is 165 Å². The van der Waals surface area contributed by atoms with Gasteiger partial charge in [-0.3, -0.25) is 4.79 Å². The molecule has 2 aliphatic heterocycles. The Balaban J connectivity index is 1.33. The average Bonchev–Trinajstić information content (AvgIpc) is 2.69. The molecule has 2 saturated heterocycles. The molecule has 1 aliphatic carbocycles. The summed E-state index contributed by atoms with van der Waals surface area (Å²) in [4.78, 5) is 12.5. The summed E-state index contributed by atoms with van der Waals surface area (Å²) in [6, 6.07) is 0. The van der Waals surface area contributed by atoms with Gasteiger partial charge in [0.05, 0.1) is 19.1 Å². The van der Waals surface area contributed by atoms with Gasteiger partial charge in [0.25, 0.3) is 0 Å². The Morgan fingerprint density at radius 1 is 0.852 bits per heavy atom. The second kappa shape index (κ2) is 10.8. The molecule has 3 aliphatic rings. The van der Waals surface area contributed by atoms with Gasteiger partial charge in [0.1, 0.15) is 0 Å². The Morgan fingerprint density at radius 3 is 2.26 bits per heavy atom. The fourth-order valence-electron chi connectivity index (χ4n) is 4.92. The molecule has 3 rings (SSSR count). The lowest BCUT2D eigenvalue weighted by atomic mass is 9.79. The molecule has 27 heavy (non-hydrogen) atoms. The lowest BCUT2D eigenvalue weighted by Gasteiger charge is -2.37. The van der Waals surface area contributed by atoms with E-state index in [1.165, 1.54) is 57.8 Å². The first-order valence-corrected chi connectivity index (χ1v) is 11.6. The molecule has 4 nitrogen and oxygen atoms in total. The zero-order chi connectivity index (χ0) is 19.1. The summed E-state index contributed by atoms with van der Waals surface area (Å²) in [6.07, 6.45) is 13.8. The van der Waals surface area contributed by atoms with Crippen molar-refractivity contribution in [1.29, 1.82) is 0 Å². The number of hydrogen-bond donors (Lipinski definition) is 0. The van der Waals surface area contributed by atoms with Crippen molar-refractivity contribution in [3.63, 3.8) is 0 Å². The van der Waals surface area contributed by atoms with Crippen molar-refractivity contribution in [2.24, 2.45) is 23.7 Å². The zero-order valence-corrected chi connectivity index (χ0v) is 17.5. The molecule has 0 aromatic carbocycles. The normalized spacial score (nSPS) is 37.8. The van der Waals surface area contributed by atoms with Gasteiger partial charge < -0.3 is 14.2 Å². The first-order chi connectivity index (χ1) is 13.2. The lowest BCUT2D eigenvalue weighted by molar-refractivity contribution is -0.254. The van der Waals surface area contributed by atoms with E-state index in [0.29, 0.717) is 5.92 Å². The van der Waals surface area contributed by atoms with Gasteiger partial charge in [-0.15, -0.1) is 0 Å². The van der Waals surface area contributed by atoms with Crippen LogP contribution in [0, 0.1) is 23.7 Å². The highest BCUT2D eigenvalue weighted by molar-refractivity contribution is 5.73. The van der Waals surface area contributed by atoms with Crippen LogP contribution in [-0.4, -0.2) is 31.6 Å². The van der Waals surface area contributed by atoms with Crippen LogP contribution in [-0.2, 0) is 19.0 Å². The van der Waals surface area contributed by atoms with Crippen molar-refractivity contribution in [2.45, 2.75) is 103 Å². The highest BCUT2D eigenvalue weighted by Gasteiger charge is 2.38. The van der Waals surface area contributed by atoms with Crippen LogP contribution in [0.15, 0.2) is 0 Å². The summed E-state index contributed by atoms with van der Waals surface area (Å²) in [5.74, 6) is 2.28. The molecule has 0 bridgehead atoms. The van der Waals surface area contributed by atoms with E-state index in [4.69, 9.17) is 14.2 Å². The van der Waals surface area contributed by atoms with Crippen molar-refractivity contribution in [3.05, 3.63) is 0 Å². The van der Waals surface area contributed by atoms with E-state index in [1.54, 1.807) is 0 Å². The van der Waals surface area contributed by atoms with Gasteiger partial charge in [0, 0.05) is 5.92 Å². The molecule has 1 saturated carbocycles. The summed E-state index contributed by atoms with van der Waals surface area (Å²) < 4.78 is 17.6. The van der Waals surface area contributed by atoms with Gasteiger partial charge in [0.15, 0.2) is 12.4 Å². The van der Waals surface area contributed by atoms with Gasteiger partial charge in [-0.1, -0.05) is 58.8 Å². The van der Waals surface area contributed by atoms with Crippen LogP contribution < -0.4 is 0 Å². The number of ether oxygens (including phenoxy) is 3. The minimum absolute atomic E-state index is 0.0207. The Hall–Kier alpha value is -0.610. The summed E-state index contributed by atoms with van der Waals surface area (Å²) in [5.41, 5.74) is 0. The smallest absolute Gasteiger partial charge is 0.309 e. The predicted octanol–water partition coefficient (Wildman–Crippen LogP) is 5.48. The Morgan fingerprint density at radius 2 is 1.59 bits per heavy atom. The van der Waals surface area contributed by atoms with E-state index in [-0.39, 0.29) is 24.3 Å². The molecule has 0 spiro atoms. The molecule has 3 fully saturated rings. The maximum absolute atomic E-state index is 12.5. The van der Waals surface area contributed by atoms with E-state index in [1.807, 2.05) is 0 Å². The lowest BCUT2D eigenvalue weighted by Crippen LogP contribution is -2.45. The summed E-state index contributed by atoms with van der Waals surface area (Å²) in [7, 11) is 0. The molecule has 0 N–H and O–H groups in total. The quantitative estimate of drug-likeness (QED) is 0.413. The average molecular weight is 381 g/mol. The summed E-state index contributed by atoms with van der Waals surface area (Å²) in [6.45, 7) is 6.07. The van der Waals surface area contributed by atoms with Crippen LogP contribution >= 0.6 is 0 Å². The molecule has 2 heterocycles. The first kappa shape index (κ1) is 21.1. The van der Waals surface area contributed by atoms with Gasteiger partial charge in [-0.05, 0) is 43.9 Å². The highest BCUT2D eigenvalue weighted by atomic mass is 16.7. The van der Waals surface area contributed by atoms with Gasteiger partial charge in [0.2, 0.25) is 0 Å². The third-order valence-electron chi connectivity index (χ3n) is 6.97. The molecule has 2 unspecified atom stereocenters. The Bertz CT molecular complexity index is 436. The van der Waals surface area contributed by atoms with Gasteiger partial charge in [-0.2, -0.15) is 0 Å². The van der Waals surface area contributed by atoms with Crippen molar-refractivity contribution >= 4 is 5.97 Å². The van der Waals surface area contributed by atoms with Crippen LogP contribution in [0.3, 0.4) is 0 Å². The molecule has 0 aromatic rings. The Kier molecular flexibility index (Phi) is 8.45. The van der Waals surface area contributed by atoms with Gasteiger partial charge in [-0.25, -0.2) is 0 Å². The first-order valence-electron chi connectivity index (χ1n) is 11.6. The van der Waals surface area contributed by atoms with Crippen LogP contribution in [0.4, 0.5) is 0 Å². The number of rotatable bonds is 8. The summed E-state index contributed by atoms with van der Waals surface area (Å²) in [5, 5.41) is 0. The number of carbonyl (C=O) groups excluding carboxylic acids is 1. The van der Waals surface area contributed by atoms with E-state index in [9.17, 15) is 4.79 Å². The standard InChI is InChI=1S/C23H40O4/c1-3-4-5-6-19-15-25-23(26-16-19)21-14-13-20(22(24)27-21)12-11-18-9-7-17(2)8-10-18/h17-21,23H,3-16H2,1-2H3. The molecule has 0 radical (unpaired) electrons. The van der Waals surface area contributed by atoms with E-state index in [0.717, 1.165) is 44.3 Å². The topological polar surface area (TPSA) is 44.8 Å².